The lowest BCUT2D eigenvalue weighted by molar-refractivity contribution is -0.131. The molecule has 0 N–H and O–H groups in total. The van der Waals surface area contributed by atoms with Gasteiger partial charge in [0.05, 0.1) is 4.90 Å². The van der Waals surface area contributed by atoms with Gasteiger partial charge in [0.25, 0.3) is 0 Å². The standard InChI is InChI=1S/C15H21NO3S/c1-12-8-13(2)10-16(9-12)15(17)11-20(18,19)14-6-4-3-5-7-14/h3-7,12-13H,8-11H2,1-2H3/t12-,13+. The molecule has 0 aliphatic carbocycles. The molecule has 4 nitrogen and oxygen atoms in total. The molecule has 1 fully saturated rings. The average molecular weight is 295 g/mol. The lowest BCUT2D eigenvalue weighted by Gasteiger charge is -2.35. The molecule has 1 heterocycles. The smallest absolute Gasteiger partial charge is 0.238 e. The van der Waals surface area contributed by atoms with Crippen LogP contribution in [0.2, 0.25) is 0 Å². The van der Waals surface area contributed by atoms with Crippen molar-refractivity contribution in [2.24, 2.45) is 11.8 Å². The Bertz CT molecular complexity index is 558. The summed E-state index contributed by atoms with van der Waals surface area (Å²) in [7, 11) is -3.54. The number of carbonyl (C=O) groups is 1. The molecule has 0 spiro atoms. The van der Waals surface area contributed by atoms with Crippen molar-refractivity contribution >= 4 is 15.7 Å². The summed E-state index contributed by atoms with van der Waals surface area (Å²) in [6.45, 7) is 5.52. The van der Waals surface area contributed by atoms with Gasteiger partial charge in [-0.15, -0.1) is 0 Å². The van der Waals surface area contributed by atoms with Crippen LogP contribution in [0.3, 0.4) is 0 Å². The topological polar surface area (TPSA) is 54.5 Å². The number of nitrogens with zero attached hydrogens (tertiary/aromatic N) is 1. The van der Waals surface area contributed by atoms with Gasteiger partial charge in [-0.3, -0.25) is 4.79 Å². The minimum atomic E-state index is -3.54. The highest BCUT2D eigenvalue weighted by molar-refractivity contribution is 7.92. The summed E-state index contributed by atoms with van der Waals surface area (Å²) in [5, 5.41) is 0. The average Bonchev–Trinajstić information content (AvgIpc) is 2.38. The Hall–Kier alpha value is -1.36. The number of piperidine rings is 1. The van der Waals surface area contributed by atoms with Gasteiger partial charge in [-0.25, -0.2) is 8.42 Å². The number of hydrogen-bond donors (Lipinski definition) is 0. The Morgan fingerprint density at radius 3 is 2.25 bits per heavy atom. The monoisotopic (exact) mass is 295 g/mol. The van der Waals surface area contributed by atoms with Crippen LogP contribution in [0.1, 0.15) is 20.3 Å². The molecule has 1 amide bonds. The molecule has 1 saturated heterocycles. The fourth-order valence-corrected chi connectivity index (χ4v) is 4.08. The highest BCUT2D eigenvalue weighted by Gasteiger charge is 2.28. The summed E-state index contributed by atoms with van der Waals surface area (Å²) in [5.41, 5.74) is 0. The van der Waals surface area contributed by atoms with Crippen LogP contribution in [-0.2, 0) is 14.6 Å². The molecule has 0 aromatic heterocycles. The lowest BCUT2D eigenvalue weighted by Crippen LogP contribution is -2.44. The van der Waals surface area contributed by atoms with Gasteiger partial charge in [0, 0.05) is 13.1 Å². The largest absolute Gasteiger partial charge is 0.341 e. The first-order chi connectivity index (χ1) is 9.38. The van der Waals surface area contributed by atoms with Crippen LogP contribution in [0, 0.1) is 11.8 Å². The first-order valence-corrected chi connectivity index (χ1v) is 8.59. The molecule has 0 unspecified atom stereocenters. The van der Waals surface area contributed by atoms with Crippen molar-refractivity contribution in [3.8, 4) is 0 Å². The third-order valence-electron chi connectivity index (χ3n) is 3.64. The lowest BCUT2D eigenvalue weighted by atomic mass is 9.92. The Labute approximate surface area is 120 Å². The molecule has 110 valence electrons. The molecule has 2 atom stereocenters. The maximum Gasteiger partial charge on any atom is 0.238 e. The normalized spacial score (nSPS) is 23.6. The Morgan fingerprint density at radius 2 is 1.70 bits per heavy atom. The number of carbonyl (C=O) groups excluding carboxylic acids is 1. The molecule has 5 heteroatoms. The zero-order valence-electron chi connectivity index (χ0n) is 12.0. The second kappa shape index (κ2) is 5.95. The zero-order valence-corrected chi connectivity index (χ0v) is 12.8. The summed E-state index contributed by atoms with van der Waals surface area (Å²) in [6, 6.07) is 8.16. The van der Waals surface area contributed by atoms with E-state index in [1.165, 1.54) is 12.1 Å². The predicted octanol–water partition coefficient (Wildman–Crippen LogP) is 1.96. The Morgan fingerprint density at radius 1 is 1.15 bits per heavy atom. The van der Waals surface area contributed by atoms with E-state index < -0.39 is 15.6 Å². The fraction of sp³-hybridized carbons (Fsp3) is 0.533. The molecule has 2 rings (SSSR count). The molecule has 1 aromatic carbocycles. The van der Waals surface area contributed by atoms with E-state index in [4.69, 9.17) is 0 Å². The molecular weight excluding hydrogens is 274 g/mol. The molecule has 1 aliphatic rings. The number of amides is 1. The molecule has 20 heavy (non-hydrogen) atoms. The Balaban J connectivity index is 2.08. The first kappa shape index (κ1) is 15.0. The van der Waals surface area contributed by atoms with Gasteiger partial charge in [-0.05, 0) is 30.4 Å². The van der Waals surface area contributed by atoms with Crippen LogP contribution in [-0.4, -0.2) is 38.1 Å². The van der Waals surface area contributed by atoms with Gasteiger partial charge in [-0.1, -0.05) is 32.0 Å². The minimum absolute atomic E-state index is 0.214. The molecular formula is C15H21NO3S. The van der Waals surface area contributed by atoms with E-state index >= 15 is 0 Å². The van der Waals surface area contributed by atoms with Crippen molar-refractivity contribution in [2.45, 2.75) is 25.2 Å². The van der Waals surface area contributed by atoms with Crippen molar-refractivity contribution in [1.29, 1.82) is 0 Å². The van der Waals surface area contributed by atoms with Gasteiger partial charge < -0.3 is 4.90 Å². The van der Waals surface area contributed by atoms with E-state index in [2.05, 4.69) is 13.8 Å². The summed E-state index contributed by atoms with van der Waals surface area (Å²) in [6.07, 6.45) is 1.09. The summed E-state index contributed by atoms with van der Waals surface area (Å²) in [4.78, 5) is 14.1. The van der Waals surface area contributed by atoms with Crippen molar-refractivity contribution < 1.29 is 13.2 Å². The third-order valence-corrected chi connectivity index (χ3v) is 5.25. The second-order valence-electron chi connectivity index (χ2n) is 5.82. The van der Waals surface area contributed by atoms with Crippen LogP contribution >= 0.6 is 0 Å². The number of rotatable bonds is 3. The van der Waals surface area contributed by atoms with Crippen LogP contribution in [0.5, 0.6) is 0 Å². The number of benzene rings is 1. The van der Waals surface area contributed by atoms with Crippen molar-refractivity contribution in [3.05, 3.63) is 30.3 Å². The molecule has 1 aromatic rings. The van der Waals surface area contributed by atoms with Gasteiger partial charge in [0.2, 0.25) is 5.91 Å². The molecule has 0 bridgehead atoms. The quantitative estimate of drug-likeness (QED) is 0.856. The number of sulfone groups is 1. The molecule has 1 aliphatic heterocycles. The van der Waals surface area contributed by atoms with E-state index in [9.17, 15) is 13.2 Å². The summed E-state index contributed by atoms with van der Waals surface area (Å²) in [5.74, 6) is 0.146. The van der Waals surface area contributed by atoms with Crippen molar-refractivity contribution in [1.82, 2.24) is 4.90 Å². The zero-order chi connectivity index (χ0) is 14.8. The third kappa shape index (κ3) is 3.60. The van der Waals surface area contributed by atoms with Gasteiger partial charge in [-0.2, -0.15) is 0 Å². The molecule has 0 saturated carbocycles. The number of likely N-dealkylation sites (tertiary alicyclic amines) is 1. The maximum atomic E-state index is 12.2. The van der Waals surface area contributed by atoms with Crippen LogP contribution < -0.4 is 0 Å². The van der Waals surface area contributed by atoms with E-state index in [1.54, 1.807) is 23.1 Å². The van der Waals surface area contributed by atoms with E-state index in [0.717, 1.165) is 6.42 Å². The van der Waals surface area contributed by atoms with Crippen LogP contribution in [0.15, 0.2) is 35.2 Å². The van der Waals surface area contributed by atoms with Crippen LogP contribution in [0.25, 0.3) is 0 Å². The number of hydrogen-bond acceptors (Lipinski definition) is 3. The second-order valence-corrected chi connectivity index (χ2v) is 7.81. The van der Waals surface area contributed by atoms with E-state index in [-0.39, 0.29) is 10.8 Å². The minimum Gasteiger partial charge on any atom is -0.341 e. The highest BCUT2D eigenvalue weighted by atomic mass is 32.2. The van der Waals surface area contributed by atoms with E-state index in [1.807, 2.05) is 0 Å². The SMILES string of the molecule is C[C@@H]1C[C@H](C)CN(C(=O)CS(=O)(=O)c2ccccc2)C1. The summed E-state index contributed by atoms with van der Waals surface area (Å²) < 4.78 is 24.4. The van der Waals surface area contributed by atoms with E-state index in [0.29, 0.717) is 24.9 Å². The van der Waals surface area contributed by atoms with Crippen molar-refractivity contribution in [2.75, 3.05) is 18.8 Å². The summed E-state index contributed by atoms with van der Waals surface area (Å²) >= 11 is 0. The predicted molar refractivity (Wildman–Crippen MR) is 78.0 cm³/mol. The first-order valence-electron chi connectivity index (χ1n) is 6.94. The van der Waals surface area contributed by atoms with Crippen LogP contribution in [0.4, 0.5) is 0 Å². The highest BCUT2D eigenvalue weighted by Crippen LogP contribution is 2.21. The maximum absolute atomic E-state index is 12.2. The van der Waals surface area contributed by atoms with Gasteiger partial charge in [0.15, 0.2) is 9.84 Å². The van der Waals surface area contributed by atoms with Gasteiger partial charge >= 0.3 is 0 Å². The molecule has 0 radical (unpaired) electrons. The van der Waals surface area contributed by atoms with Gasteiger partial charge in [0.1, 0.15) is 5.75 Å². The fourth-order valence-electron chi connectivity index (χ4n) is 2.83. The Kier molecular flexibility index (Phi) is 4.48. The van der Waals surface area contributed by atoms with Crippen molar-refractivity contribution in [3.63, 3.8) is 0 Å².